The molecule has 0 spiro atoms. The fourth-order valence-corrected chi connectivity index (χ4v) is 1.84. The second kappa shape index (κ2) is 3.87. The second-order valence-electron chi connectivity index (χ2n) is 4.30. The van der Waals surface area contributed by atoms with Gasteiger partial charge in [0.25, 0.3) is 0 Å². The van der Waals surface area contributed by atoms with E-state index in [4.69, 9.17) is 10.5 Å². The predicted octanol–water partition coefficient (Wildman–Crippen LogP) is 0.836. The van der Waals surface area contributed by atoms with Crippen molar-refractivity contribution in [3.05, 3.63) is 0 Å². The highest BCUT2D eigenvalue weighted by atomic mass is 16.5. The van der Waals surface area contributed by atoms with E-state index >= 15 is 0 Å². The molecule has 4 heteroatoms. The van der Waals surface area contributed by atoms with Crippen molar-refractivity contribution in [2.45, 2.75) is 43.7 Å². The van der Waals surface area contributed by atoms with E-state index in [1.165, 1.54) is 7.11 Å². The van der Waals surface area contributed by atoms with E-state index < -0.39 is 5.54 Å². The van der Waals surface area contributed by atoms with Crippen LogP contribution >= 0.6 is 0 Å². The van der Waals surface area contributed by atoms with Gasteiger partial charge in [0, 0.05) is 7.11 Å². The summed E-state index contributed by atoms with van der Waals surface area (Å²) < 4.78 is 10.1. The number of carbonyl (C=O) groups excluding carboxylic acids is 1. The van der Waals surface area contributed by atoms with Crippen molar-refractivity contribution >= 4 is 5.97 Å². The van der Waals surface area contributed by atoms with Crippen molar-refractivity contribution in [3.8, 4) is 0 Å². The monoisotopic (exact) mass is 201 g/mol. The third kappa shape index (κ3) is 2.07. The molecular weight excluding hydrogens is 182 g/mol. The Labute approximate surface area is 84.7 Å². The number of ether oxygens (including phenoxy) is 2. The average Bonchev–Trinajstić information content (AvgIpc) is 2.22. The van der Waals surface area contributed by atoms with E-state index in [0.29, 0.717) is 12.8 Å². The van der Waals surface area contributed by atoms with Crippen LogP contribution in [0.2, 0.25) is 0 Å². The Bertz CT molecular complexity index is 219. The van der Waals surface area contributed by atoms with Gasteiger partial charge in [0.2, 0.25) is 0 Å². The van der Waals surface area contributed by atoms with Gasteiger partial charge < -0.3 is 15.2 Å². The number of hydrogen-bond donors (Lipinski definition) is 1. The highest BCUT2D eigenvalue weighted by Gasteiger charge is 2.43. The molecule has 0 radical (unpaired) electrons. The van der Waals surface area contributed by atoms with Gasteiger partial charge in [-0.05, 0) is 32.6 Å². The van der Waals surface area contributed by atoms with E-state index in [9.17, 15) is 4.79 Å². The molecule has 0 aliphatic heterocycles. The molecule has 82 valence electrons. The highest BCUT2D eigenvalue weighted by molar-refractivity contribution is 5.80. The standard InChI is InChI=1S/C10H19NO3/c1-9(14-3)4-6-10(11,7-5-9)8(12)13-2/h4-7,11H2,1-3H3. The average molecular weight is 201 g/mol. The van der Waals surface area contributed by atoms with E-state index in [1.54, 1.807) is 7.11 Å². The van der Waals surface area contributed by atoms with Crippen LogP contribution < -0.4 is 5.73 Å². The summed E-state index contributed by atoms with van der Waals surface area (Å²) >= 11 is 0. The molecule has 0 amide bonds. The molecule has 1 aliphatic carbocycles. The van der Waals surface area contributed by atoms with Gasteiger partial charge in [-0.15, -0.1) is 0 Å². The summed E-state index contributed by atoms with van der Waals surface area (Å²) in [6.07, 6.45) is 2.86. The summed E-state index contributed by atoms with van der Waals surface area (Å²) in [6, 6.07) is 0. The van der Waals surface area contributed by atoms with Gasteiger partial charge in [-0.25, -0.2) is 0 Å². The lowest BCUT2D eigenvalue weighted by atomic mass is 9.75. The fraction of sp³-hybridized carbons (Fsp3) is 0.900. The van der Waals surface area contributed by atoms with Crippen LogP contribution in [0.3, 0.4) is 0 Å². The molecule has 4 nitrogen and oxygen atoms in total. The maximum absolute atomic E-state index is 11.4. The maximum atomic E-state index is 11.4. The van der Waals surface area contributed by atoms with Crippen molar-refractivity contribution in [3.63, 3.8) is 0 Å². The van der Waals surface area contributed by atoms with Crippen molar-refractivity contribution < 1.29 is 14.3 Å². The van der Waals surface area contributed by atoms with E-state index in [-0.39, 0.29) is 11.6 Å². The van der Waals surface area contributed by atoms with Crippen LogP contribution in [-0.4, -0.2) is 31.3 Å². The first-order valence-electron chi connectivity index (χ1n) is 4.88. The van der Waals surface area contributed by atoms with Crippen molar-refractivity contribution in [1.82, 2.24) is 0 Å². The molecule has 1 fully saturated rings. The summed E-state index contributed by atoms with van der Waals surface area (Å²) in [5.74, 6) is -0.310. The van der Waals surface area contributed by atoms with Crippen LogP contribution in [0.4, 0.5) is 0 Å². The molecule has 1 aliphatic rings. The summed E-state index contributed by atoms with van der Waals surface area (Å²) in [5.41, 5.74) is 5.03. The number of nitrogens with two attached hydrogens (primary N) is 1. The first kappa shape index (κ1) is 11.5. The van der Waals surface area contributed by atoms with Gasteiger partial charge in [0.1, 0.15) is 5.54 Å². The van der Waals surface area contributed by atoms with Crippen LogP contribution in [0.1, 0.15) is 32.6 Å². The third-order valence-corrected chi connectivity index (χ3v) is 3.28. The molecule has 0 bridgehead atoms. The largest absolute Gasteiger partial charge is 0.468 e. The Hall–Kier alpha value is -0.610. The Morgan fingerprint density at radius 1 is 1.21 bits per heavy atom. The first-order valence-corrected chi connectivity index (χ1v) is 4.88. The fourth-order valence-electron chi connectivity index (χ4n) is 1.84. The maximum Gasteiger partial charge on any atom is 0.325 e. The first-order chi connectivity index (χ1) is 6.46. The van der Waals surface area contributed by atoms with Gasteiger partial charge >= 0.3 is 5.97 Å². The van der Waals surface area contributed by atoms with Crippen molar-refractivity contribution in [2.75, 3.05) is 14.2 Å². The van der Waals surface area contributed by atoms with Crippen LogP contribution in [0, 0.1) is 0 Å². The molecule has 0 aromatic rings. The highest BCUT2D eigenvalue weighted by Crippen LogP contribution is 2.35. The van der Waals surface area contributed by atoms with Gasteiger partial charge in [0.05, 0.1) is 12.7 Å². The summed E-state index contributed by atoms with van der Waals surface area (Å²) in [4.78, 5) is 11.4. The molecule has 2 N–H and O–H groups in total. The van der Waals surface area contributed by atoms with E-state index in [2.05, 4.69) is 4.74 Å². The lowest BCUT2D eigenvalue weighted by molar-refractivity contribution is -0.151. The van der Waals surface area contributed by atoms with Gasteiger partial charge in [-0.3, -0.25) is 4.79 Å². The number of hydrogen-bond acceptors (Lipinski definition) is 4. The normalized spacial score (nSPS) is 38.0. The van der Waals surface area contributed by atoms with Gasteiger partial charge in [0.15, 0.2) is 0 Å². The molecule has 0 heterocycles. The zero-order valence-electron chi connectivity index (χ0n) is 9.13. The second-order valence-corrected chi connectivity index (χ2v) is 4.30. The van der Waals surface area contributed by atoms with Gasteiger partial charge in [-0.2, -0.15) is 0 Å². The molecule has 0 aromatic carbocycles. The van der Waals surface area contributed by atoms with Crippen LogP contribution in [0.25, 0.3) is 0 Å². The lowest BCUT2D eigenvalue weighted by Gasteiger charge is -2.40. The molecule has 1 rings (SSSR count). The third-order valence-electron chi connectivity index (χ3n) is 3.28. The summed E-state index contributed by atoms with van der Waals surface area (Å²) in [7, 11) is 3.07. The Morgan fingerprint density at radius 3 is 2.07 bits per heavy atom. The Balaban J connectivity index is 2.61. The molecule has 0 atom stereocenters. The number of rotatable bonds is 2. The van der Waals surface area contributed by atoms with E-state index in [1.807, 2.05) is 6.92 Å². The topological polar surface area (TPSA) is 61.5 Å². The number of methoxy groups -OCH3 is 2. The lowest BCUT2D eigenvalue weighted by Crippen LogP contribution is -2.54. The summed E-state index contributed by atoms with van der Waals surface area (Å²) in [5, 5.41) is 0. The van der Waals surface area contributed by atoms with Crippen LogP contribution in [-0.2, 0) is 14.3 Å². The minimum Gasteiger partial charge on any atom is -0.468 e. The van der Waals surface area contributed by atoms with Crippen LogP contribution in [0.5, 0.6) is 0 Å². The molecule has 1 saturated carbocycles. The van der Waals surface area contributed by atoms with Crippen LogP contribution in [0.15, 0.2) is 0 Å². The smallest absolute Gasteiger partial charge is 0.325 e. The van der Waals surface area contributed by atoms with Gasteiger partial charge in [-0.1, -0.05) is 0 Å². The molecule has 0 unspecified atom stereocenters. The molecular formula is C10H19NO3. The Kier molecular flexibility index (Phi) is 3.17. The van der Waals surface area contributed by atoms with Crippen molar-refractivity contribution in [1.29, 1.82) is 0 Å². The quantitative estimate of drug-likeness (QED) is 0.672. The SMILES string of the molecule is COC(=O)C1(N)CCC(C)(OC)CC1. The predicted molar refractivity (Wildman–Crippen MR) is 52.8 cm³/mol. The number of carbonyl (C=O) groups is 1. The minimum atomic E-state index is -0.799. The zero-order valence-corrected chi connectivity index (χ0v) is 9.13. The van der Waals surface area contributed by atoms with E-state index in [0.717, 1.165) is 12.8 Å². The van der Waals surface area contributed by atoms with Crippen molar-refractivity contribution in [2.24, 2.45) is 5.73 Å². The number of esters is 1. The molecule has 14 heavy (non-hydrogen) atoms. The zero-order chi connectivity index (χ0) is 10.8. The minimum absolute atomic E-state index is 0.128. The molecule has 0 saturated heterocycles. The summed E-state index contributed by atoms with van der Waals surface area (Å²) in [6.45, 7) is 2.05. The molecule has 0 aromatic heterocycles. The Morgan fingerprint density at radius 2 is 1.71 bits per heavy atom.